The van der Waals surface area contributed by atoms with Gasteiger partial charge in [-0.3, -0.25) is 4.79 Å². The zero-order chi connectivity index (χ0) is 30.4. The van der Waals surface area contributed by atoms with E-state index in [1.807, 2.05) is 32.0 Å². The zero-order valence-electron chi connectivity index (χ0n) is 21.7. The van der Waals surface area contributed by atoms with Crippen molar-refractivity contribution >= 4 is 104 Å². The topological polar surface area (TPSA) is 132 Å². The number of carboxylic acid groups (broad SMARTS) is 2. The van der Waals surface area contributed by atoms with Gasteiger partial charge in [-0.25, -0.2) is 9.59 Å². The van der Waals surface area contributed by atoms with Gasteiger partial charge in [0.25, 0.3) is 0 Å². The van der Waals surface area contributed by atoms with Crippen LogP contribution in [0, 0.1) is 0 Å². The van der Waals surface area contributed by atoms with Crippen LogP contribution in [-0.4, -0.2) is 38.7 Å². The fourth-order valence-electron chi connectivity index (χ4n) is 3.50. The second-order valence-electron chi connectivity index (χ2n) is 7.72. The summed E-state index contributed by atoms with van der Waals surface area (Å²) in [4.78, 5) is 32.3. The summed E-state index contributed by atoms with van der Waals surface area (Å²) in [7, 11) is -0.245. The number of carbonyl (C=O) groups excluding carboxylic acids is 1. The Morgan fingerprint density at radius 3 is 1.65 bits per heavy atom. The van der Waals surface area contributed by atoms with Crippen LogP contribution in [0.4, 0.5) is 0 Å². The normalized spacial score (nSPS) is 10.3. The number of aromatic carboxylic acids is 2. The quantitative estimate of drug-likeness (QED) is 0.123. The maximum absolute atomic E-state index is 10.9. The van der Waals surface area contributed by atoms with Gasteiger partial charge in [0.15, 0.2) is 0 Å². The molecule has 0 aliphatic carbocycles. The Balaban J connectivity index is 0.000000326. The maximum Gasteiger partial charge on any atom is 0.339 e. The fourth-order valence-corrected chi connectivity index (χ4v) is 3.50. The molecule has 7 nitrogen and oxygen atoms in total. The van der Waals surface area contributed by atoms with Crippen LogP contribution in [0.15, 0.2) is 60.7 Å². The van der Waals surface area contributed by atoms with Crippen LogP contribution in [0.25, 0.3) is 21.5 Å². The Hall–Kier alpha value is -0.740. The third-order valence-corrected chi connectivity index (χ3v) is 87.8. The van der Waals surface area contributed by atoms with E-state index < -0.39 is 11.9 Å². The van der Waals surface area contributed by atoms with Crippen molar-refractivity contribution < 1.29 is 48.1 Å². The molecule has 0 amide bonds. The number of hydrogen-bond acceptors (Lipinski definition) is 5. The summed E-state index contributed by atoms with van der Waals surface area (Å²) in [6, 6.07) is 16.5. The number of fused-ring (bicyclic) bond motifs is 2. The molecule has 0 aliphatic rings. The molecule has 12 heteroatoms. The summed E-state index contributed by atoms with van der Waals surface area (Å²) >= 11 is 8.37. The molecule has 4 aromatic rings. The molecular formula is C28H28I5O7-. The molecule has 0 aliphatic heterocycles. The van der Waals surface area contributed by atoms with Crippen molar-refractivity contribution in [1.82, 2.24) is 0 Å². The second-order valence-corrected chi connectivity index (χ2v) is 72.7. The van der Waals surface area contributed by atoms with Gasteiger partial charge in [-0.15, -0.1) is 0 Å². The number of rotatable bonds is 6. The number of carboxylic acids is 2. The number of halogens is 5. The van der Waals surface area contributed by atoms with E-state index in [2.05, 4.69) is 62.8 Å². The van der Waals surface area contributed by atoms with Crippen molar-refractivity contribution in [3.05, 3.63) is 82.9 Å². The molecule has 0 unspecified atom stereocenters. The van der Waals surface area contributed by atoms with E-state index in [-0.39, 0.29) is 30.5 Å². The first-order valence-electron chi connectivity index (χ1n) is 11.7. The first kappa shape index (κ1) is 37.3. The van der Waals surface area contributed by atoms with Crippen LogP contribution in [-0.2, 0) is 6.42 Å². The number of aromatic hydroxyl groups is 2. The predicted molar refractivity (Wildman–Crippen MR) is 192 cm³/mol. The van der Waals surface area contributed by atoms with Crippen molar-refractivity contribution in [3.8, 4) is 11.5 Å². The molecule has 4 rings (SSSR count). The van der Waals surface area contributed by atoms with Gasteiger partial charge in [0.1, 0.15) is 28.9 Å². The van der Waals surface area contributed by atoms with E-state index in [1.165, 1.54) is 29.8 Å². The Bertz CT molecular complexity index is 1460. The standard InChI is InChI=1S/C14H14O3.C12H8O4.C2H6.I5/c1-2-3-9-4-5-10-8-13(15)12(14(16)17)7-11(10)6-9;13-6-7-1-2-8-5-11(14)10(12(15)16)4-9(8)3-7;1-2;1-4-5(2)3/h4-8,15H,2-3H2,1H3,(H,16,17);1-6,14H,(H,15,16);1-2H3;/q;;;-1. The summed E-state index contributed by atoms with van der Waals surface area (Å²) < 4.78 is 0. The van der Waals surface area contributed by atoms with Gasteiger partial charge in [-0.05, 0) is 63.9 Å². The van der Waals surface area contributed by atoms with Gasteiger partial charge < -0.3 is 20.4 Å². The van der Waals surface area contributed by atoms with Gasteiger partial charge in [-0.2, -0.15) is 0 Å². The van der Waals surface area contributed by atoms with Crippen molar-refractivity contribution in [2.45, 2.75) is 33.6 Å². The molecule has 0 saturated heterocycles. The molecule has 0 spiro atoms. The second kappa shape index (κ2) is 19.4. The van der Waals surface area contributed by atoms with Crippen LogP contribution in [0.3, 0.4) is 0 Å². The third-order valence-electron chi connectivity index (χ3n) is 5.17. The number of hydrogen-bond donors (Lipinski definition) is 4. The Morgan fingerprint density at radius 1 is 0.800 bits per heavy atom. The number of aryl methyl sites for hydroxylation is 1. The van der Waals surface area contributed by atoms with Crippen molar-refractivity contribution in [1.29, 1.82) is 0 Å². The molecule has 40 heavy (non-hydrogen) atoms. The molecule has 0 saturated carbocycles. The molecule has 0 aromatic heterocycles. The minimum absolute atomic E-state index is 0.0499. The first-order valence-corrected chi connectivity index (χ1v) is 36.9. The largest absolute Gasteiger partial charge is 0.507 e. The molecule has 0 radical (unpaired) electrons. The van der Waals surface area contributed by atoms with Gasteiger partial charge in [-0.1, -0.05) is 57.5 Å². The molecule has 4 N–H and O–H groups in total. The average molecular weight is 1110 g/mol. The minimum atomic E-state index is -1.20. The van der Waals surface area contributed by atoms with E-state index in [1.54, 1.807) is 18.2 Å². The van der Waals surface area contributed by atoms with Crippen LogP contribution >= 0.6 is 63.7 Å². The van der Waals surface area contributed by atoms with Gasteiger partial charge >= 0.3 is 88.9 Å². The molecule has 0 fully saturated rings. The van der Waals surface area contributed by atoms with Crippen molar-refractivity contribution in [2.75, 3.05) is 0 Å². The smallest absolute Gasteiger partial charge is 0.339 e. The van der Waals surface area contributed by atoms with Crippen LogP contribution in [0.2, 0.25) is 0 Å². The summed E-state index contributed by atoms with van der Waals surface area (Å²) in [6.45, 7) is 6.10. The van der Waals surface area contributed by atoms with Crippen molar-refractivity contribution in [3.63, 3.8) is 0 Å². The number of benzene rings is 4. The minimum Gasteiger partial charge on any atom is -0.507 e. The van der Waals surface area contributed by atoms with E-state index in [0.29, 0.717) is 35.9 Å². The molecular weight excluding hydrogens is 1080 g/mol. The summed E-state index contributed by atoms with van der Waals surface area (Å²) in [5, 5.41) is 39.8. The monoisotopic (exact) mass is 1110 g/mol. The summed E-state index contributed by atoms with van der Waals surface area (Å²) in [5.41, 5.74) is 1.43. The Kier molecular flexibility index (Phi) is 18.1. The van der Waals surface area contributed by atoms with E-state index in [0.717, 1.165) is 23.6 Å². The van der Waals surface area contributed by atoms with E-state index in [9.17, 15) is 24.6 Å². The molecule has 218 valence electrons. The third kappa shape index (κ3) is 11.9. The van der Waals surface area contributed by atoms with Crippen LogP contribution in [0.1, 0.15) is 63.8 Å². The van der Waals surface area contributed by atoms with Crippen LogP contribution in [0.5, 0.6) is 11.5 Å². The molecule has 0 heterocycles. The van der Waals surface area contributed by atoms with E-state index >= 15 is 0 Å². The first-order chi connectivity index (χ1) is 19.0. The maximum atomic E-state index is 10.9. The van der Waals surface area contributed by atoms with Gasteiger partial charge in [0, 0.05) is 5.56 Å². The molecule has 0 atom stereocenters. The Morgan fingerprint density at radius 2 is 1.25 bits per heavy atom. The zero-order valence-corrected chi connectivity index (χ0v) is 32.5. The molecule has 0 bridgehead atoms. The summed E-state index contributed by atoms with van der Waals surface area (Å²) in [6.07, 6.45) is 2.71. The fraction of sp³-hybridized carbons (Fsp3) is 0.179. The van der Waals surface area contributed by atoms with Gasteiger partial charge in [0.05, 0.1) is 0 Å². The number of aldehydes is 1. The molecule has 4 aromatic carbocycles. The Labute approximate surface area is 275 Å². The SMILES string of the molecule is CC.CCCc1ccc2cc(O)c(C(=O)O)cc2c1.I[I-]I(I)I.O=Cc1ccc2cc(O)c(C(=O)O)cc2c1. The average Bonchev–Trinajstić information content (AvgIpc) is 2.93. The summed E-state index contributed by atoms with van der Waals surface area (Å²) in [5.74, 6) is -2.77. The van der Waals surface area contributed by atoms with Gasteiger partial charge in [0.2, 0.25) is 0 Å². The van der Waals surface area contributed by atoms with Crippen molar-refractivity contribution in [2.24, 2.45) is 0 Å². The van der Waals surface area contributed by atoms with E-state index in [4.69, 9.17) is 10.2 Å². The number of carbonyl (C=O) groups is 3. The van der Waals surface area contributed by atoms with Crippen LogP contribution < -0.4 is 13.3 Å². The predicted octanol–water partition coefficient (Wildman–Crippen LogP) is 6.83. The number of phenols is 2.